The topological polar surface area (TPSA) is 108 Å². The summed E-state index contributed by atoms with van der Waals surface area (Å²) in [6.07, 6.45) is 6.64. The summed E-state index contributed by atoms with van der Waals surface area (Å²) in [5.41, 5.74) is 2.99. The Morgan fingerprint density at radius 2 is 1.96 bits per heavy atom. The van der Waals surface area contributed by atoms with Gasteiger partial charge in [-0.3, -0.25) is 14.5 Å². The molecule has 0 bridgehead atoms. The Morgan fingerprint density at radius 3 is 2.56 bits per heavy atom. The molecule has 0 radical (unpaired) electrons. The van der Waals surface area contributed by atoms with Crippen LogP contribution in [0.15, 0.2) is 46.0 Å². The van der Waals surface area contributed by atoms with Crippen LogP contribution in [0.25, 0.3) is 11.5 Å². The molecule has 124 valence electrons. The largest absolute Gasteiger partial charge is 0.439 e. The lowest BCUT2D eigenvalue weighted by molar-refractivity contribution is 0.324. The van der Waals surface area contributed by atoms with Crippen molar-refractivity contribution in [3.63, 3.8) is 0 Å². The molecule has 0 saturated heterocycles. The lowest BCUT2D eigenvalue weighted by Gasteiger charge is -2.35. The molecule has 0 spiro atoms. The number of nitrogens with zero attached hydrogens (tertiary/aromatic N) is 4. The number of aromatic amines is 1. The molecule has 3 aromatic rings. The van der Waals surface area contributed by atoms with Gasteiger partial charge < -0.3 is 0 Å². The van der Waals surface area contributed by atoms with Gasteiger partial charge in [0.1, 0.15) is 5.69 Å². The number of hydrogen-bond acceptors (Lipinski definition) is 6. The average molecular weight is 333 g/mol. The number of nitriles is 1. The van der Waals surface area contributed by atoms with Gasteiger partial charge in [0.05, 0.1) is 17.2 Å². The zero-order valence-corrected chi connectivity index (χ0v) is 13.4. The fourth-order valence-corrected chi connectivity index (χ4v) is 3.16. The second-order valence-electron chi connectivity index (χ2n) is 6.22. The van der Waals surface area contributed by atoms with Gasteiger partial charge >= 0.3 is 5.76 Å². The molecular formula is C18H15N5O2. The first-order chi connectivity index (χ1) is 12.2. The van der Waals surface area contributed by atoms with E-state index in [0.29, 0.717) is 17.8 Å². The van der Waals surface area contributed by atoms with Crippen LogP contribution in [-0.4, -0.2) is 20.1 Å². The molecule has 7 heteroatoms. The van der Waals surface area contributed by atoms with Gasteiger partial charge in [0, 0.05) is 18.8 Å². The van der Waals surface area contributed by atoms with Crippen molar-refractivity contribution in [1.82, 2.24) is 20.1 Å². The van der Waals surface area contributed by atoms with E-state index in [9.17, 15) is 10.1 Å². The third-order valence-electron chi connectivity index (χ3n) is 4.74. The highest BCUT2D eigenvalue weighted by molar-refractivity contribution is 5.52. The summed E-state index contributed by atoms with van der Waals surface area (Å²) in [4.78, 5) is 22.3. The molecule has 25 heavy (non-hydrogen) atoms. The maximum Gasteiger partial charge on any atom is 0.439 e. The fraction of sp³-hybridized carbons (Fsp3) is 0.278. The Balaban J connectivity index is 1.61. The highest BCUT2D eigenvalue weighted by Gasteiger charge is 2.38. The van der Waals surface area contributed by atoms with Crippen molar-refractivity contribution in [2.24, 2.45) is 0 Å². The number of benzene rings is 1. The minimum atomic E-state index is -0.627. The number of aromatic nitrogens is 4. The van der Waals surface area contributed by atoms with Gasteiger partial charge in [-0.25, -0.2) is 9.78 Å². The summed E-state index contributed by atoms with van der Waals surface area (Å²) in [5, 5.41) is 13.1. The van der Waals surface area contributed by atoms with Crippen LogP contribution in [0, 0.1) is 11.3 Å². The minimum absolute atomic E-state index is 0.266. The SMILES string of the molecule is N#CC1(c2ccc(Cc3nccnc3-c3noc(=O)[nH]3)cc2)CCC1. The van der Waals surface area contributed by atoms with Crippen LogP contribution in [0.5, 0.6) is 0 Å². The maximum atomic E-state index is 11.2. The van der Waals surface area contributed by atoms with Gasteiger partial charge in [-0.2, -0.15) is 5.26 Å². The van der Waals surface area contributed by atoms with Gasteiger partial charge in [0.25, 0.3) is 0 Å². The van der Waals surface area contributed by atoms with E-state index < -0.39 is 5.76 Å². The molecule has 2 aromatic heterocycles. The van der Waals surface area contributed by atoms with Crippen LogP contribution in [0.4, 0.5) is 0 Å². The van der Waals surface area contributed by atoms with Crippen molar-refractivity contribution >= 4 is 0 Å². The van der Waals surface area contributed by atoms with Crippen LogP contribution in [0.3, 0.4) is 0 Å². The Hall–Kier alpha value is -3.27. The quantitative estimate of drug-likeness (QED) is 0.785. The monoisotopic (exact) mass is 333 g/mol. The van der Waals surface area contributed by atoms with Crippen LogP contribution in [0.2, 0.25) is 0 Å². The Bertz CT molecular complexity index is 993. The number of nitrogens with one attached hydrogen (secondary N) is 1. The molecule has 1 fully saturated rings. The predicted molar refractivity (Wildman–Crippen MR) is 88.5 cm³/mol. The van der Waals surface area contributed by atoms with Gasteiger partial charge in [-0.05, 0) is 30.4 Å². The van der Waals surface area contributed by atoms with Crippen LogP contribution < -0.4 is 5.76 Å². The summed E-state index contributed by atoms with van der Waals surface area (Å²) in [7, 11) is 0. The standard InChI is InChI=1S/C18H15N5O2/c19-11-18(6-1-7-18)13-4-2-12(3-5-13)10-14-15(21-9-8-20-14)16-22-17(24)25-23-16/h2-5,8-9H,1,6-7,10H2,(H,22,23,24). The maximum absolute atomic E-state index is 11.2. The van der Waals surface area contributed by atoms with Crippen molar-refractivity contribution in [2.45, 2.75) is 31.1 Å². The highest BCUT2D eigenvalue weighted by atomic mass is 16.5. The second kappa shape index (κ2) is 5.98. The smallest absolute Gasteiger partial charge is 0.296 e. The first-order valence-electron chi connectivity index (χ1n) is 8.07. The molecular weight excluding hydrogens is 318 g/mol. The van der Waals surface area contributed by atoms with E-state index >= 15 is 0 Å². The van der Waals surface area contributed by atoms with E-state index in [4.69, 9.17) is 0 Å². The molecule has 0 amide bonds. The average Bonchev–Trinajstić information content (AvgIpc) is 3.03. The lowest BCUT2D eigenvalue weighted by Crippen LogP contribution is -2.32. The van der Waals surface area contributed by atoms with E-state index in [2.05, 4.69) is 30.7 Å². The Labute approximate surface area is 143 Å². The Morgan fingerprint density at radius 1 is 1.20 bits per heavy atom. The molecule has 0 aliphatic heterocycles. The fourth-order valence-electron chi connectivity index (χ4n) is 3.16. The number of hydrogen-bond donors (Lipinski definition) is 1. The predicted octanol–water partition coefficient (Wildman–Crippen LogP) is 2.36. The third-order valence-corrected chi connectivity index (χ3v) is 4.74. The molecule has 1 aliphatic carbocycles. The van der Waals surface area contributed by atoms with Crippen molar-refractivity contribution < 1.29 is 4.52 Å². The minimum Gasteiger partial charge on any atom is -0.296 e. The Kier molecular flexibility index (Phi) is 3.65. The zero-order chi connectivity index (χ0) is 17.3. The molecule has 7 nitrogen and oxygen atoms in total. The number of rotatable bonds is 4. The van der Waals surface area contributed by atoms with Gasteiger partial charge in [0.2, 0.25) is 5.82 Å². The number of H-pyrrole nitrogens is 1. The highest BCUT2D eigenvalue weighted by Crippen LogP contribution is 2.43. The zero-order valence-electron chi connectivity index (χ0n) is 13.4. The third kappa shape index (κ3) is 2.72. The molecule has 4 rings (SSSR count). The van der Waals surface area contributed by atoms with Crippen LogP contribution >= 0.6 is 0 Å². The summed E-state index contributed by atoms with van der Waals surface area (Å²) in [6.45, 7) is 0. The lowest BCUT2D eigenvalue weighted by atomic mass is 9.65. The summed E-state index contributed by atoms with van der Waals surface area (Å²) in [6, 6.07) is 10.5. The van der Waals surface area contributed by atoms with Gasteiger partial charge in [0.15, 0.2) is 0 Å². The van der Waals surface area contributed by atoms with Gasteiger partial charge in [-0.1, -0.05) is 29.4 Å². The summed E-state index contributed by atoms with van der Waals surface area (Å²) < 4.78 is 4.55. The van der Waals surface area contributed by atoms with E-state index in [1.54, 1.807) is 12.4 Å². The van der Waals surface area contributed by atoms with E-state index in [1.807, 2.05) is 24.3 Å². The van der Waals surface area contributed by atoms with Crippen molar-refractivity contribution in [3.8, 4) is 17.6 Å². The first-order valence-corrected chi connectivity index (χ1v) is 8.07. The molecule has 1 saturated carbocycles. The van der Waals surface area contributed by atoms with Crippen molar-refractivity contribution in [2.75, 3.05) is 0 Å². The molecule has 0 unspecified atom stereocenters. The molecule has 1 aliphatic rings. The van der Waals surface area contributed by atoms with Crippen molar-refractivity contribution in [1.29, 1.82) is 5.26 Å². The normalized spacial score (nSPS) is 15.3. The first kappa shape index (κ1) is 15.3. The molecule has 1 N–H and O–H groups in total. The van der Waals surface area contributed by atoms with E-state index in [-0.39, 0.29) is 11.2 Å². The van der Waals surface area contributed by atoms with Crippen LogP contribution in [-0.2, 0) is 11.8 Å². The van der Waals surface area contributed by atoms with Crippen LogP contribution in [0.1, 0.15) is 36.1 Å². The van der Waals surface area contributed by atoms with Gasteiger partial charge in [-0.15, -0.1) is 0 Å². The van der Waals surface area contributed by atoms with E-state index in [1.165, 1.54) is 0 Å². The second-order valence-corrected chi connectivity index (χ2v) is 6.22. The molecule has 1 aromatic carbocycles. The molecule has 0 atom stereocenters. The van der Waals surface area contributed by atoms with Crippen molar-refractivity contribution in [3.05, 3.63) is 64.0 Å². The molecule has 2 heterocycles. The van der Waals surface area contributed by atoms with E-state index in [0.717, 1.165) is 30.4 Å². The summed E-state index contributed by atoms with van der Waals surface area (Å²) >= 11 is 0. The summed E-state index contributed by atoms with van der Waals surface area (Å²) in [5.74, 6) is -0.360.